The zero-order valence-electron chi connectivity index (χ0n) is 8.38. The van der Waals surface area contributed by atoms with Crippen LogP contribution in [0.4, 0.5) is 0 Å². The Morgan fingerprint density at radius 1 is 1.53 bits per heavy atom. The van der Waals surface area contributed by atoms with Gasteiger partial charge < -0.3 is 15.5 Å². The van der Waals surface area contributed by atoms with E-state index in [1.807, 2.05) is 35.8 Å². The number of nitrogens with two attached hydrogens (primary N) is 1. The van der Waals surface area contributed by atoms with Crippen LogP contribution < -0.4 is 5.73 Å². The molecule has 3 N–H and O–H groups in total. The van der Waals surface area contributed by atoms with Crippen LogP contribution in [0.1, 0.15) is 5.82 Å². The Balaban J connectivity index is 2.54. The minimum Gasteiger partial charge on any atom is -0.409 e. The van der Waals surface area contributed by atoms with Crippen LogP contribution >= 0.6 is 0 Å². The Labute approximate surface area is 86.8 Å². The zero-order chi connectivity index (χ0) is 10.8. The molecule has 0 unspecified atom stereocenters. The molecule has 0 spiro atoms. The number of imidazole rings is 1. The SMILES string of the molecule is Cc1nc2ccccc2n1C/C(N)=N/O. The highest BCUT2D eigenvalue weighted by atomic mass is 16.4. The fourth-order valence-corrected chi connectivity index (χ4v) is 1.59. The van der Waals surface area contributed by atoms with Crippen LogP contribution in [-0.4, -0.2) is 20.6 Å². The summed E-state index contributed by atoms with van der Waals surface area (Å²) in [7, 11) is 0. The van der Waals surface area contributed by atoms with E-state index in [1.165, 1.54) is 0 Å². The minimum atomic E-state index is 0.168. The number of hydrogen-bond donors (Lipinski definition) is 2. The number of oxime groups is 1. The van der Waals surface area contributed by atoms with E-state index in [-0.39, 0.29) is 5.84 Å². The molecule has 1 heterocycles. The number of para-hydroxylation sites is 2. The van der Waals surface area contributed by atoms with Gasteiger partial charge in [-0.25, -0.2) is 4.98 Å². The molecule has 15 heavy (non-hydrogen) atoms. The molecule has 2 aromatic rings. The van der Waals surface area contributed by atoms with Crippen LogP contribution in [0.2, 0.25) is 0 Å². The molecule has 1 aromatic heterocycles. The van der Waals surface area contributed by atoms with Gasteiger partial charge in [-0.05, 0) is 19.1 Å². The lowest BCUT2D eigenvalue weighted by Crippen LogP contribution is -2.20. The first kappa shape index (κ1) is 9.51. The number of aromatic nitrogens is 2. The van der Waals surface area contributed by atoms with E-state index in [1.54, 1.807) is 0 Å². The number of nitrogens with zero attached hydrogens (tertiary/aromatic N) is 3. The summed E-state index contributed by atoms with van der Waals surface area (Å²) in [5.41, 5.74) is 7.38. The third kappa shape index (κ3) is 1.63. The van der Waals surface area contributed by atoms with E-state index in [4.69, 9.17) is 10.9 Å². The first-order chi connectivity index (χ1) is 7.22. The highest BCUT2D eigenvalue weighted by molar-refractivity contribution is 5.83. The summed E-state index contributed by atoms with van der Waals surface area (Å²) in [6, 6.07) is 7.76. The van der Waals surface area contributed by atoms with Gasteiger partial charge in [-0.3, -0.25) is 0 Å². The van der Waals surface area contributed by atoms with Crippen molar-refractivity contribution in [3.05, 3.63) is 30.1 Å². The van der Waals surface area contributed by atoms with Gasteiger partial charge in [-0.2, -0.15) is 0 Å². The molecule has 0 bridgehead atoms. The van der Waals surface area contributed by atoms with Crippen LogP contribution in [0.25, 0.3) is 11.0 Å². The predicted octanol–water partition coefficient (Wildman–Crippen LogP) is 1.09. The van der Waals surface area contributed by atoms with Gasteiger partial charge in [0.1, 0.15) is 5.82 Å². The van der Waals surface area contributed by atoms with Gasteiger partial charge >= 0.3 is 0 Å². The van der Waals surface area contributed by atoms with Crippen LogP contribution in [0.3, 0.4) is 0 Å². The largest absolute Gasteiger partial charge is 0.409 e. The van der Waals surface area contributed by atoms with Crippen molar-refractivity contribution >= 4 is 16.9 Å². The monoisotopic (exact) mass is 204 g/mol. The second kappa shape index (κ2) is 3.61. The summed E-state index contributed by atoms with van der Waals surface area (Å²) < 4.78 is 1.91. The van der Waals surface area contributed by atoms with Crippen molar-refractivity contribution < 1.29 is 5.21 Å². The van der Waals surface area contributed by atoms with Crippen molar-refractivity contribution in [3.8, 4) is 0 Å². The molecule has 0 fully saturated rings. The molecule has 0 radical (unpaired) electrons. The molecule has 0 aliphatic heterocycles. The number of hydrogen-bond acceptors (Lipinski definition) is 3. The van der Waals surface area contributed by atoms with Gasteiger partial charge in [0.15, 0.2) is 5.84 Å². The van der Waals surface area contributed by atoms with Crippen molar-refractivity contribution in [2.45, 2.75) is 13.5 Å². The maximum Gasteiger partial charge on any atom is 0.159 e. The molecule has 5 heteroatoms. The van der Waals surface area contributed by atoms with Gasteiger partial charge in [-0.1, -0.05) is 17.3 Å². The fraction of sp³-hybridized carbons (Fsp3) is 0.200. The van der Waals surface area contributed by atoms with E-state index in [9.17, 15) is 0 Å². The smallest absolute Gasteiger partial charge is 0.159 e. The first-order valence-corrected chi connectivity index (χ1v) is 4.60. The summed E-state index contributed by atoms with van der Waals surface area (Å²) in [6.45, 7) is 2.24. The lowest BCUT2D eigenvalue weighted by Gasteiger charge is -2.04. The Kier molecular flexibility index (Phi) is 2.29. The van der Waals surface area contributed by atoms with E-state index >= 15 is 0 Å². The molecule has 0 atom stereocenters. The Bertz CT molecular complexity index is 515. The number of amidine groups is 1. The molecule has 5 nitrogen and oxygen atoms in total. The Hall–Kier alpha value is -2.04. The average molecular weight is 204 g/mol. The highest BCUT2D eigenvalue weighted by Crippen LogP contribution is 2.14. The molecule has 2 rings (SSSR count). The highest BCUT2D eigenvalue weighted by Gasteiger charge is 2.07. The molecule has 0 aliphatic rings. The van der Waals surface area contributed by atoms with Gasteiger partial charge in [0.2, 0.25) is 0 Å². The van der Waals surface area contributed by atoms with Crippen molar-refractivity contribution in [2.24, 2.45) is 10.9 Å². The second-order valence-corrected chi connectivity index (χ2v) is 3.33. The number of fused-ring (bicyclic) bond motifs is 1. The maximum absolute atomic E-state index is 8.53. The van der Waals surface area contributed by atoms with Crippen LogP contribution in [0, 0.1) is 6.92 Å². The summed E-state index contributed by atoms with van der Waals surface area (Å²) >= 11 is 0. The minimum absolute atomic E-state index is 0.168. The van der Waals surface area contributed by atoms with Gasteiger partial charge in [-0.15, -0.1) is 0 Å². The molecular formula is C10H12N4O. The lowest BCUT2D eigenvalue weighted by atomic mass is 10.3. The van der Waals surface area contributed by atoms with Crippen LogP contribution in [0.5, 0.6) is 0 Å². The number of benzene rings is 1. The van der Waals surface area contributed by atoms with E-state index < -0.39 is 0 Å². The molecule has 0 aliphatic carbocycles. The third-order valence-corrected chi connectivity index (χ3v) is 2.29. The molecule has 0 amide bonds. The topological polar surface area (TPSA) is 76.4 Å². The number of rotatable bonds is 2. The summed E-state index contributed by atoms with van der Waals surface area (Å²) in [5, 5.41) is 11.5. The molecule has 0 saturated carbocycles. The van der Waals surface area contributed by atoms with Gasteiger partial charge in [0.25, 0.3) is 0 Å². The Morgan fingerprint density at radius 2 is 2.27 bits per heavy atom. The van der Waals surface area contributed by atoms with E-state index in [0.29, 0.717) is 6.54 Å². The molecule has 78 valence electrons. The Morgan fingerprint density at radius 3 is 3.00 bits per heavy atom. The van der Waals surface area contributed by atoms with Crippen molar-refractivity contribution in [1.82, 2.24) is 9.55 Å². The van der Waals surface area contributed by atoms with Gasteiger partial charge in [0.05, 0.1) is 17.6 Å². The quantitative estimate of drug-likeness (QED) is 0.333. The standard InChI is InChI=1S/C10H12N4O/c1-7-12-8-4-2-3-5-9(8)14(7)6-10(11)13-15/h2-5,15H,6H2,1H3,(H2,11,13). The normalized spacial score (nSPS) is 12.2. The van der Waals surface area contributed by atoms with Crippen molar-refractivity contribution in [3.63, 3.8) is 0 Å². The van der Waals surface area contributed by atoms with Gasteiger partial charge in [0, 0.05) is 0 Å². The number of aryl methyl sites for hydroxylation is 1. The van der Waals surface area contributed by atoms with Crippen molar-refractivity contribution in [2.75, 3.05) is 0 Å². The van der Waals surface area contributed by atoms with Crippen LogP contribution in [-0.2, 0) is 6.54 Å². The van der Waals surface area contributed by atoms with Crippen LogP contribution in [0.15, 0.2) is 29.4 Å². The average Bonchev–Trinajstić information content (AvgIpc) is 2.55. The van der Waals surface area contributed by atoms with Crippen molar-refractivity contribution in [1.29, 1.82) is 0 Å². The first-order valence-electron chi connectivity index (χ1n) is 4.60. The molecule has 0 saturated heterocycles. The summed E-state index contributed by atoms with van der Waals surface area (Å²) in [4.78, 5) is 4.37. The zero-order valence-corrected chi connectivity index (χ0v) is 8.38. The maximum atomic E-state index is 8.53. The fourth-order valence-electron chi connectivity index (χ4n) is 1.59. The second-order valence-electron chi connectivity index (χ2n) is 3.33. The summed E-state index contributed by atoms with van der Waals surface area (Å²) in [6.07, 6.45) is 0. The van der Waals surface area contributed by atoms with E-state index in [2.05, 4.69) is 10.1 Å². The predicted molar refractivity (Wildman–Crippen MR) is 57.9 cm³/mol. The lowest BCUT2D eigenvalue weighted by molar-refractivity contribution is 0.316. The molecule has 1 aromatic carbocycles. The third-order valence-electron chi connectivity index (χ3n) is 2.29. The van der Waals surface area contributed by atoms with E-state index in [0.717, 1.165) is 16.9 Å². The molecular weight excluding hydrogens is 192 g/mol. The summed E-state index contributed by atoms with van der Waals surface area (Å²) in [5.74, 6) is 1.02.